The molecule has 4 nitrogen and oxygen atoms in total. The van der Waals surface area contributed by atoms with Gasteiger partial charge in [0.15, 0.2) is 5.78 Å². The molecule has 0 aliphatic heterocycles. The number of rotatable bonds is 5. The molecule has 0 aliphatic rings. The SMILES string of the molecule is O=C([O-])C(=O)CCCCO. The Morgan fingerprint density at radius 2 is 1.90 bits per heavy atom. The summed E-state index contributed by atoms with van der Waals surface area (Å²) in [6.45, 7) is -0.0136. The Morgan fingerprint density at radius 1 is 1.30 bits per heavy atom. The van der Waals surface area contributed by atoms with Gasteiger partial charge in [0, 0.05) is 13.0 Å². The van der Waals surface area contributed by atoms with E-state index < -0.39 is 11.8 Å². The summed E-state index contributed by atoms with van der Waals surface area (Å²) in [4.78, 5) is 20.0. The summed E-state index contributed by atoms with van der Waals surface area (Å²) in [5.74, 6) is -2.54. The van der Waals surface area contributed by atoms with E-state index in [2.05, 4.69) is 0 Å². The minimum Gasteiger partial charge on any atom is -0.542 e. The molecule has 0 radical (unpaired) electrons. The first-order valence-corrected chi connectivity index (χ1v) is 3.03. The fourth-order valence-corrected chi connectivity index (χ4v) is 0.499. The normalized spacial score (nSPS) is 9.30. The Balaban J connectivity index is 3.31. The van der Waals surface area contributed by atoms with Crippen LogP contribution in [0, 0.1) is 0 Å². The first-order valence-electron chi connectivity index (χ1n) is 3.03. The van der Waals surface area contributed by atoms with Crippen molar-refractivity contribution >= 4 is 11.8 Å². The summed E-state index contributed by atoms with van der Waals surface area (Å²) in [7, 11) is 0. The molecule has 10 heavy (non-hydrogen) atoms. The van der Waals surface area contributed by atoms with Crippen LogP contribution in [0.25, 0.3) is 0 Å². The number of carbonyl (C=O) groups is 2. The lowest BCUT2D eigenvalue weighted by atomic mass is 10.2. The van der Waals surface area contributed by atoms with Gasteiger partial charge in [-0.3, -0.25) is 4.79 Å². The molecule has 0 rings (SSSR count). The van der Waals surface area contributed by atoms with Crippen molar-refractivity contribution in [1.82, 2.24) is 0 Å². The minimum atomic E-state index is -1.64. The van der Waals surface area contributed by atoms with Crippen LogP contribution in [0.3, 0.4) is 0 Å². The standard InChI is InChI=1S/C6H10O4/c7-4-2-1-3-5(8)6(9)10/h7H,1-4H2,(H,9,10)/p-1. The Kier molecular flexibility index (Phi) is 4.49. The lowest BCUT2D eigenvalue weighted by Gasteiger charge is -1.98. The van der Waals surface area contributed by atoms with E-state index in [0.29, 0.717) is 12.8 Å². The topological polar surface area (TPSA) is 77.4 Å². The number of carboxylic acids is 1. The molecule has 0 atom stereocenters. The van der Waals surface area contributed by atoms with Crippen molar-refractivity contribution in [3.8, 4) is 0 Å². The zero-order chi connectivity index (χ0) is 7.98. The maximum atomic E-state index is 10.3. The summed E-state index contributed by atoms with van der Waals surface area (Å²) >= 11 is 0. The monoisotopic (exact) mass is 145 g/mol. The lowest BCUT2D eigenvalue weighted by molar-refractivity contribution is -0.300. The van der Waals surface area contributed by atoms with Crippen LogP contribution in [-0.4, -0.2) is 23.5 Å². The molecule has 0 spiro atoms. The highest BCUT2D eigenvalue weighted by molar-refractivity contribution is 6.31. The molecule has 0 aromatic carbocycles. The Morgan fingerprint density at radius 3 is 2.30 bits per heavy atom. The summed E-state index contributed by atoms with van der Waals surface area (Å²) in [5, 5.41) is 18.0. The first-order chi connectivity index (χ1) is 4.68. The second-order valence-corrected chi connectivity index (χ2v) is 1.89. The number of unbranched alkanes of at least 4 members (excludes halogenated alkanes) is 1. The average molecular weight is 145 g/mol. The molecule has 0 amide bonds. The third kappa shape index (κ3) is 4.03. The van der Waals surface area contributed by atoms with Gasteiger partial charge in [0.05, 0.1) is 0 Å². The number of carboxylic acid groups (broad SMARTS) is 1. The molecule has 0 aromatic heterocycles. The molecular formula is C6H9O4-. The third-order valence-electron chi connectivity index (χ3n) is 1.04. The van der Waals surface area contributed by atoms with Gasteiger partial charge in [0.25, 0.3) is 0 Å². The highest BCUT2D eigenvalue weighted by atomic mass is 16.4. The molecule has 1 N–H and O–H groups in total. The van der Waals surface area contributed by atoms with Crippen LogP contribution < -0.4 is 5.11 Å². The van der Waals surface area contributed by atoms with Crippen molar-refractivity contribution in [2.75, 3.05) is 6.61 Å². The summed E-state index contributed by atoms with van der Waals surface area (Å²) in [6.07, 6.45) is 0.825. The van der Waals surface area contributed by atoms with Gasteiger partial charge in [-0.15, -0.1) is 0 Å². The van der Waals surface area contributed by atoms with Crippen molar-refractivity contribution in [3.63, 3.8) is 0 Å². The van der Waals surface area contributed by atoms with Crippen molar-refractivity contribution in [3.05, 3.63) is 0 Å². The van der Waals surface area contributed by atoms with Gasteiger partial charge in [-0.05, 0) is 12.8 Å². The maximum absolute atomic E-state index is 10.3. The molecule has 0 fully saturated rings. The number of aliphatic hydroxyl groups excluding tert-OH is 1. The number of aliphatic hydroxyl groups is 1. The molecule has 0 saturated heterocycles. The van der Waals surface area contributed by atoms with Crippen LogP contribution in [0.15, 0.2) is 0 Å². The molecule has 0 unspecified atom stereocenters. The van der Waals surface area contributed by atoms with Gasteiger partial charge < -0.3 is 15.0 Å². The molecule has 0 saturated carbocycles. The van der Waals surface area contributed by atoms with Gasteiger partial charge in [-0.2, -0.15) is 0 Å². The van der Waals surface area contributed by atoms with Gasteiger partial charge in [0.2, 0.25) is 0 Å². The number of ketones is 1. The summed E-state index contributed by atoms with van der Waals surface area (Å²) < 4.78 is 0. The Hall–Kier alpha value is -0.900. The van der Waals surface area contributed by atoms with Crippen LogP contribution in [0.2, 0.25) is 0 Å². The van der Waals surface area contributed by atoms with Crippen molar-refractivity contribution in [1.29, 1.82) is 0 Å². The fourth-order valence-electron chi connectivity index (χ4n) is 0.499. The number of aliphatic carboxylic acids is 1. The second kappa shape index (κ2) is 4.93. The number of hydrogen-bond acceptors (Lipinski definition) is 4. The molecule has 0 aromatic rings. The smallest absolute Gasteiger partial charge is 0.178 e. The number of hydrogen-bond donors (Lipinski definition) is 1. The van der Waals surface area contributed by atoms with Crippen LogP contribution in [0.4, 0.5) is 0 Å². The quantitative estimate of drug-likeness (QED) is 0.376. The predicted octanol–water partition coefficient (Wildman–Crippen LogP) is -1.53. The van der Waals surface area contributed by atoms with E-state index in [-0.39, 0.29) is 13.0 Å². The zero-order valence-electron chi connectivity index (χ0n) is 5.50. The largest absolute Gasteiger partial charge is 0.542 e. The fraction of sp³-hybridized carbons (Fsp3) is 0.667. The zero-order valence-corrected chi connectivity index (χ0v) is 5.50. The van der Waals surface area contributed by atoms with Gasteiger partial charge in [-0.1, -0.05) is 0 Å². The average Bonchev–Trinajstić information content (AvgIpc) is 1.88. The van der Waals surface area contributed by atoms with E-state index in [0.717, 1.165) is 0 Å². The highest BCUT2D eigenvalue weighted by Crippen LogP contribution is 1.93. The molecule has 58 valence electrons. The second-order valence-electron chi connectivity index (χ2n) is 1.89. The third-order valence-corrected chi connectivity index (χ3v) is 1.04. The lowest BCUT2D eigenvalue weighted by Crippen LogP contribution is -2.31. The minimum absolute atomic E-state index is 0.0136. The summed E-state index contributed by atoms with van der Waals surface area (Å²) in [6, 6.07) is 0. The van der Waals surface area contributed by atoms with E-state index in [4.69, 9.17) is 5.11 Å². The maximum Gasteiger partial charge on any atom is 0.178 e. The van der Waals surface area contributed by atoms with E-state index in [1.807, 2.05) is 0 Å². The van der Waals surface area contributed by atoms with E-state index >= 15 is 0 Å². The van der Waals surface area contributed by atoms with E-state index in [1.54, 1.807) is 0 Å². The van der Waals surface area contributed by atoms with Crippen LogP contribution in [-0.2, 0) is 9.59 Å². The molecular weight excluding hydrogens is 136 g/mol. The van der Waals surface area contributed by atoms with Crippen molar-refractivity contribution in [2.24, 2.45) is 0 Å². The Labute approximate surface area is 58.5 Å². The molecule has 0 aliphatic carbocycles. The predicted molar refractivity (Wildman–Crippen MR) is 31.0 cm³/mol. The van der Waals surface area contributed by atoms with Gasteiger partial charge in [-0.25, -0.2) is 0 Å². The van der Waals surface area contributed by atoms with Crippen LogP contribution >= 0.6 is 0 Å². The first kappa shape index (κ1) is 9.10. The molecule has 0 heterocycles. The number of carbonyl (C=O) groups excluding carboxylic acids is 2. The van der Waals surface area contributed by atoms with Crippen LogP contribution in [0.5, 0.6) is 0 Å². The highest BCUT2D eigenvalue weighted by Gasteiger charge is 2.00. The van der Waals surface area contributed by atoms with E-state index in [1.165, 1.54) is 0 Å². The van der Waals surface area contributed by atoms with Gasteiger partial charge in [0.1, 0.15) is 5.97 Å². The Bertz CT molecular complexity index is 130. The summed E-state index contributed by atoms with van der Waals surface area (Å²) in [5.41, 5.74) is 0. The number of Topliss-reactive ketones (excluding diaryl/α,β-unsaturated/α-hetero) is 1. The van der Waals surface area contributed by atoms with Crippen molar-refractivity contribution in [2.45, 2.75) is 19.3 Å². The molecule has 0 bridgehead atoms. The van der Waals surface area contributed by atoms with E-state index in [9.17, 15) is 14.7 Å². The van der Waals surface area contributed by atoms with Crippen LogP contribution in [0.1, 0.15) is 19.3 Å². The van der Waals surface area contributed by atoms with Crippen molar-refractivity contribution < 1.29 is 19.8 Å². The molecule has 4 heteroatoms. The van der Waals surface area contributed by atoms with Gasteiger partial charge >= 0.3 is 0 Å².